The van der Waals surface area contributed by atoms with E-state index in [0.29, 0.717) is 5.56 Å². The Hall–Kier alpha value is -3.34. The summed E-state index contributed by atoms with van der Waals surface area (Å²) in [6, 6.07) is 18.4. The molecule has 26 heavy (non-hydrogen) atoms. The molecule has 5 nitrogen and oxygen atoms in total. The molecular formula is C21H19N3O2. The Balaban J connectivity index is 1.62. The van der Waals surface area contributed by atoms with E-state index in [1.807, 2.05) is 18.2 Å². The Kier molecular flexibility index (Phi) is 4.05. The SMILES string of the molecule is CN(C(=O)c1ccnc(N2CCc3ccccc32)c1)c1ccc(O)cc1. The first-order valence-electron chi connectivity index (χ1n) is 8.52. The topological polar surface area (TPSA) is 56.7 Å². The molecule has 1 amide bonds. The van der Waals surface area contributed by atoms with Crippen molar-refractivity contribution in [2.75, 3.05) is 23.4 Å². The second-order valence-corrected chi connectivity index (χ2v) is 6.31. The van der Waals surface area contributed by atoms with Gasteiger partial charge in [-0.2, -0.15) is 0 Å². The molecule has 1 aliphatic heterocycles. The summed E-state index contributed by atoms with van der Waals surface area (Å²) in [5, 5.41) is 9.41. The highest BCUT2D eigenvalue weighted by Crippen LogP contribution is 2.33. The molecule has 3 aromatic rings. The molecule has 0 radical (unpaired) electrons. The van der Waals surface area contributed by atoms with Gasteiger partial charge in [0.05, 0.1) is 0 Å². The summed E-state index contributed by atoms with van der Waals surface area (Å²) in [7, 11) is 1.72. The number of carbonyl (C=O) groups is 1. The van der Waals surface area contributed by atoms with Crippen molar-refractivity contribution in [2.45, 2.75) is 6.42 Å². The number of fused-ring (bicyclic) bond motifs is 1. The number of phenols is 1. The van der Waals surface area contributed by atoms with E-state index in [-0.39, 0.29) is 11.7 Å². The highest BCUT2D eigenvalue weighted by atomic mass is 16.3. The molecule has 130 valence electrons. The van der Waals surface area contributed by atoms with Crippen LogP contribution >= 0.6 is 0 Å². The molecule has 2 aromatic carbocycles. The molecule has 1 aliphatic rings. The number of nitrogens with zero attached hydrogens (tertiary/aromatic N) is 3. The minimum absolute atomic E-state index is 0.119. The van der Waals surface area contributed by atoms with Crippen molar-refractivity contribution in [1.82, 2.24) is 4.98 Å². The number of aromatic nitrogens is 1. The van der Waals surface area contributed by atoms with Gasteiger partial charge in [-0.1, -0.05) is 18.2 Å². The first-order valence-corrected chi connectivity index (χ1v) is 8.52. The van der Waals surface area contributed by atoms with Crippen LogP contribution < -0.4 is 9.80 Å². The molecule has 4 rings (SSSR count). The highest BCUT2D eigenvalue weighted by Gasteiger charge is 2.22. The Bertz CT molecular complexity index is 953. The second kappa shape index (κ2) is 6.52. The normalized spacial score (nSPS) is 12.7. The van der Waals surface area contributed by atoms with E-state index in [1.165, 1.54) is 5.56 Å². The van der Waals surface area contributed by atoms with E-state index in [1.54, 1.807) is 48.5 Å². The molecular weight excluding hydrogens is 326 g/mol. The number of anilines is 3. The van der Waals surface area contributed by atoms with E-state index < -0.39 is 0 Å². The van der Waals surface area contributed by atoms with Crippen molar-refractivity contribution < 1.29 is 9.90 Å². The van der Waals surface area contributed by atoms with Crippen LogP contribution in [0, 0.1) is 0 Å². The third-order valence-corrected chi connectivity index (χ3v) is 4.70. The summed E-state index contributed by atoms with van der Waals surface area (Å²) in [5.41, 5.74) is 3.75. The maximum absolute atomic E-state index is 12.9. The van der Waals surface area contributed by atoms with Crippen LogP contribution in [0.2, 0.25) is 0 Å². The number of pyridine rings is 1. The molecule has 0 aliphatic carbocycles. The van der Waals surface area contributed by atoms with E-state index >= 15 is 0 Å². The van der Waals surface area contributed by atoms with Crippen LogP contribution in [0.5, 0.6) is 5.75 Å². The van der Waals surface area contributed by atoms with Crippen LogP contribution in [0.15, 0.2) is 66.9 Å². The Labute approximate surface area is 152 Å². The molecule has 1 N–H and O–H groups in total. The van der Waals surface area contributed by atoms with Crippen molar-refractivity contribution in [3.8, 4) is 5.75 Å². The molecule has 0 spiro atoms. The van der Waals surface area contributed by atoms with Gasteiger partial charge in [0.15, 0.2) is 0 Å². The van der Waals surface area contributed by atoms with E-state index in [2.05, 4.69) is 22.0 Å². The molecule has 1 aromatic heterocycles. The van der Waals surface area contributed by atoms with Gasteiger partial charge in [0.1, 0.15) is 11.6 Å². The molecule has 0 bridgehead atoms. The highest BCUT2D eigenvalue weighted by molar-refractivity contribution is 6.06. The first kappa shape index (κ1) is 16.1. The average Bonchev–Trinajstić information content (AvgIpc) is 3.12. The van der Waals surface area contributed by atoms with E-state index in [9.17, 15) is 9.90 Å². The number of benzene rings is 2. The summed E-state index contributed by atoms with van der Waals surface area (Å²) in [4.78, 5) is 21.0. The van der Waals surface area contributed by atoms with Crippen LogP contribution in [-0.4, -0.2) is 29.6 Å². The minimum Gasteiger partial charge on any atom is -0.508 e. The lowest BCUT2D eigenvalue weighted by Crippen LogP contribution is -2.26. The molecule has 0 fully saturated rings. The maximum Gasteiger partial charge on any atom is 0.258 e. The second-order valence-electron chi connectivity index (χ2n) is 6.31. The minimum atomic E-state index is -0.119. The Morgan fingerprint density at radius 2 is 1.88 bits per heavy atom. The van der Waals surface area contributed by atoms with Gasteiger partial charge in [-0.05, 0) is 54.4 Å². The zero-order valence-electron chi connectivity index (χ0n) is 14.5. The van der Waals surface area contributed by atoms with Gasteiger partial charge in [0, 0.05) is 36.7 Å². The number of rotatable bonds is 3. The number of para-hydroxylation sites is 1. The van der Waals surface area contributed by atoms with Crippen molar-refractivity contribution in [3.63, 3.8) is 0 Å². The van der Waals surface area contributed by atoms with Crippen molar-refractivity contribution in [1.29, 1.82) is 0 Å². The van der Waals surface area contributed by atoms with Gasteiger partial charge in [-0.15, -0.1) is 0 Å². The summed E-state index contributed by atoms with van der Waals surface area (Å²) < 4.78 is 0. The Morgan fingerprint density at radius 3 is 2.69 bits per heavy atom. The van der Waals surface area contributed by atoms with Gasteiger partial charge in [0.25, 0.3) is 5.91 Å². The molecule has 0 atom stereocenters. The smallest absolute Gasteiger partial charge is 0.258 e. The molecule has 0 saturated heterocycles. The quantitative estimate of drug-likeness (QED) is 0.785. The lowest BCUT2D eigenvalue weighted by Gasteiger charge is -2.21. The lowest BCUT2D eigenvalue weighted by molar-refractivity contribution is 0.0993. The number of aromatic hydroxyl groups is 1. The van der Waals surface area contributed by atoms with Gasteiger partial charge >= 0.3 is 0 Å². The van der Waals surface area contributed by atoms with Gasteiger partial charge in [0.2, 0.25) is 0 Å². The van der Waals surface area contributed by atoms with Crippen molar-refractivity contribution in [3.05, 3.63) is 78.0 Å². The number of hydrogen-bond acceptors (Lipinski definition) is 4. The average molecular weight is 345 g/mol. The molecule has 0 saturated carbocycles. The van der Waals surface area contributed by atoms with Gasteiger partial charge in [-0.25, -0.2) is 4.98 Å². The van der Waals surface area contributed by atoms with Crippen LogP contribution in [0.4, 0.5) is 17.2 Å². The maximum atomic E-state index is 12.9. The zero-order chi connectivity index (χ0) is 18.1. The standard InChI is InChI=1S/C21H19N3O2/c1-23(17-6-8-18(25)9-7-17)21(26)16-10-12-22-20(14-16)24-13-11-15-4-2-3-5-19(15)24/h2-10,12,14,25H,11,13H2,1H3. The van der Waals surface area contributed by atoms with E-state index in [0.717, 1.165) is 30.2 Å². The molecule has 0 unspecified atom stereocenters. The number of phenolic OH excluding ortho intramolecular Hbond substituents is 1. The summed E-state index contributed by atoms with van der Waals surface area (Å²) in [6.45, 7) is 0.859. The molecule has 2 heterocycles. The fourth-order valence-electron chi connectivity index (χ4n) is 3.26. The van der Waals surface area contributed by atoms with Crippen LogP contribution in [0.1, 0.15) is 15.9 Å². The summed E-state index contributed by atoms with van der Waals surface area (Å²) in [6.07, 6.45) is 2.65. The monoisotopic (exact) mass is 345 g/mol. The van der Waals surface area contributed by atoms with Gasteiger partial charge in [-0.3, -0.25) is 4.79 Å². The fourth-order valence-corrected chi connectivity index (χ4v) is 3.26. The lowest BCUT2D eigenvalue weighted by atomic mass is 10.2. The van der Waals surface area contributed by atoms with Crippen molar-refractivity contribution >= 4 is 23.1 Å². The van der Waals surface area contributed by atoms with Gasteiger partial charge < -0.3 is 14.9 Å². The fraction of sp³-hybridized carbons (Fsp3) is 0.143. The summed E-state index contributed by atoms with van der Waals surface area (Å²) >= 11 is 0. The van der Waals surface area contributed by atoms with Crippen molar-refractivity contribution in [2.24, 2.45) is 0 Å². The number of amides is 1. The number of carbonyl (C=O) groups excluding carboxylic acids is 1. The van der Waals surface area contributed by atoms with E-state index in [4.69, 9.17) is 0 Å². The van der Waals surface area contributed by atoms with Crippen LogP contribution in [0.25, 0.3) is 0 Å². The van der Waals surface area contributed by atoms with Crippen LogP contribution in [0.3, 0.4) is 0 Å². The third-order valence-electron chi connectivity index (χ3n) is 4.70. The van der Waals surface area contributed by atoms with Crippen LogP contribution in [-0.2, 0) is 6.42 Å². The molecule has 5 heteroatoms. The Morgan fingerprint density at radius 1 is 1.12 bits per heavy atom. The predicted octanol–water partition coefficient (Wildman–Crippen LogP) is 3.76. The predicted molar refractivity (Wildman–Crippen MR) is 102 cm³/mol. The third kappa shape index (κ3) is 2.88. The zero-order valence-corrected chi connectivity index (χ0v) is 14.5. The largest absolute Gasteiger partial charge is 0.508 e. The summed E-state index contributed by atoms with van der Waals surface area (Å²) in [5.74, 6) is 0.834. The number of hydrogen-bond donors (Lipinski definition) is 1. The first-order chi connectivity index (χ1) is 12.6.